The van der Waals surface area contributed by atoms with Gasteiger partial charge in [0.1, 0.15) is 6.61 Å². The Balaban J connectivity index is 2.40. The molecule has 0 amide bonds. The van der Waals surface area contributed by atoms with E-state index in [0.29, 0.717) is 19.6 Å². The maximum atomic E-state index is 11.6. The lowest BCUT2D eigenvalue weighted by Crippen LogP contribution is -2.25. The molecule has 0 aliphatic carbocycles. The van der Waals surface area contributed by atoms with Gasteiger partial charge in [-0.25, -0.2) is 4.79 Å². The Morgan fingerprint density at radius 3 is 2.50 bits per heavy atom. The van der Waals surface area contributed by atoms with Gasteiger partial charge in [0, 0.05) is 6.61 Å². The van der Waals surface area contributed by atoms with Gasteiger partial charge in [0.05, 0.1) is 0 Å². The van der Waals surface area contributed by atoms with Gasteiger partial charge in [-0.05, 0) is 18.9 Å². The van der Waals surface area contributed by atoms with Crippen molar-refractivity contribution >= 4 is 5.97 Å². The fourth-order valence-electron chi connectivity index (χ4n) is 1.38. The van der Waals surface area contributed by atoms with Gasteiger partial charge in [0.15, 0.2) is 6.10 Å². The minimum atomic E-state index is -0.436. The first-order valence-electron chi connectivity index (χ1n) is 5.60. The van der Waals surface area contributed by atoms with Gasteiger partial charge in [-0.1, -0.05) is 37.3 Å². The fourth-order valence-corrected chi connectivity index (χ4v) is 1.38. The second-order valence-corrected chi connectivity index (χ2v) is 3.45. The van der Waals surface area contributed by atoms with Crippen LogP contribution in [0.15, 0.2) is 30.3 Å². The van der Waals surface area contributed by atoms with E-state index in [0.717, 1.165) is 5.56 Å². The summed E-state index contributed by atoms with van der Waals surface area (Å²) in [4.78, 5) is 11.6. The van der Waals surface area contributed by atoms with Crippen molar-refractivity contribution in [1.29, 1.82) is 0 Å². The van der Waals surface area contributed by atoms with Crippen molar-refractivity contribution in [1.82, 2.24) is 0 Å². The van der Waals surface area contributed by atoms with Gasteiger partial charge >= 0.3 is 5.97 Å². The van der Waals surface area contributed by atoms with Crippen LogP contribution in [0.2, 0.25) is 0 Å². The molecule has 3 heteroatoms. The molecule has 0 radical (unpaired) electrons. The van der Waals surface area contributed by atoms with Crippen LogP contribution < -0.4 is 0 Å². The van der Waals surface area contributed by atoms with E-state index in [1.807, 2.05) is 44.2 Å². The Morgan fingerprint density at radius 1 is 1.25 bits per heavy atom. The topological polar surface area (TPSA) is 35.5 Å². The molecule has 16 heavy (non-hydrogen) atoms. The normalized spacial score (nSPS) is 12.1. The summed E-state index contributed by atoms with van der Waals surface area (Å²) < 4.78 is 10.4. The number of carbonyl (C=O) groups is 1. The van der Waals surface area contributed by atoms with Crippen LogP contribution in [0.4, 0.5) is 0 Å². The molecule has 0 aliphatic heterocycles. The molecule has 0 bridgehead atoms. The van der Waals surface area contributed by atoms with Crippen LogP contribution in [-0.2, 0) is 20.9 Å². The van der Waals surface area contributed by atoms with E-state index in [4.69, 9.17) is 9.47 Å². The number of hydrogen-bond acceptors (Lipinski definition) is 3. The molecular formula is C13H18O3. The quantitative estimate of drug-likeness (QED) is 0.694. The zero-order valence-electron chi connectivity index (χ0n) is 9.81. The molecule has 0 aliphatic rings. The molecule has 0 saturated carbocycles. The van der Waals surface area contributed by atoms with Gasteiger partial charge < -0.3 is 9.47 Å². The molecule has 0 spiro atoms. The summed E-state index contributed by atoms with van der Waals surface area (Å²) >= 11 is 0. The summed E-state index contributed by atoms with van der Waals surface area (Å²) in [7, 11) is 0. The molecular weight excluding hydrogens is 204 g/mol. The first kappa shape index (κ1) is 12.7. The van der Waals surface area contributed by atoms with Gasteiger partial charge in [0.2, 0.25) is 0 Å². The average Bonchev–Trinajstić information content (AvgIpc) is 2.34. The number of ether oxygens (including phenoxy) is 2. The van der Waals surface area contributed by atoms with Crippen LogP contribution in [0.5, 0.6) is 0 Å². The zero-order chi connectivity index (χ0) is 11.8. The molecule has 0 N–H and O–H groups in total. The lowest BCUT2D eigenvalue weighted by molar-refractivity contribution is -0.158. The smallest absolute Gasteiger partial charge is 0.335 e. The minimum Gasteiger partial charge on any atom is -0.459 e. The highest BCUT2D eigenvalue weighted by molar-refractivity contribution is 5.74. The number of hydrogen-bond donors (Lipinski definition) is 0. The van der Waals surface area contributed by atoms with E-state index in [1.165, 1.54) is 0 Å². The van der Waals surface area contributed by atoms with E-state index in [9.17, 15) is 4.79 Å². The number of benzene rings is 1. The molecule has 0 fully saturated rings. The van der Waals surface area contributed by atoms with Gasteiger partial charge in [-0.3, -0.25) is 0 Å². The number of rotatable bonds is 6. The molecule has 3 nitrogen and oxygen atoms in total. The van der Waals surface area contributed by atoms with E-state index in [1.54, 1.807) is 0 Å². The zero-order valence-corrected chi connectivity index (χ0v) is 9.81. The third-order valence-electron chi connectivity index (χ3n) is 2.23. The summed E-state index contributed by atoms with van der Waals surface area (Å²) in [5.74, 6) is -0.284. The molecule has 88 valence electrons. The van der Waals surface area contributed by atoms with Crippen molar-refractivity contribution in [2.24, 2.45) is 0 Å². The third-order valence-corrected chi connectivity index (χ3v) is 2.23. The molecule has 1 aromatic carbocycles. The van der Waals surface area contributed by atoms with Crippen molar-refractivity contribution in [2.45, 2.75) is 33.0 Å². The Labute approximate surface area is 96.4 Å². The Bertz CT molecular complexity index is 308. The van der Waals surface area contributed by atoms with Crippen LogP contribution >= 0.6 is 0 Å². The lowest BCUT2D eigenvalue weighted by atomic mass is 10.2. The van der Waals surface area contributed by atoms with Crippen LogP contribution in [0.25, 0.3) is 0 Å². The molecule has 0 saturated heterocycles. The van der Waals surface area contributed by atoms with Crippen molar-refractivity contribution in [3.05, 3.63) is 35.9 Å². The van der Waals surface area contributed by atoms with Crippen molar-refractivity contribution in [2.75, 3.05) is 6.61 Å². The minimum absolute atomic E-state index is 0.284. The Hall–Kier alpha value is -1.35. The first-order chi connectivity index (χ1) is 7.77. The van der Waals surface area contributed by atoms with Crippen LogP contribution in [0.1, 0.15) is 25.8 Å². The second-order valence-electron chi connectivity index (χ2n) is 3.45. The predicted molar refractivity (Wildman–Crippen MR) is 61.9 cm³/mol. The molecule has 1 unspecified atom stereocenters. The summed E-state index contributed by atoms with van der Waals surface area (Å²) in [5.41, 5.74) is 0.988. The SMILES string of the molecule is CCOC(CC)C(=O)OCc1ccccc1. The molecule has 0 aromatic heterocycles. The van der Waals surface area contributed by atoms with Crippen molar-refractivity contribution < 1.29 is 14.3 Å². The standard InChI is InChI=1S/C13H18O3/c1-3-12(15-4-2)13(14)16-10-11-8-6-5-7-9-11/h5-9,12H,3-4,10H2,1-2H3. The van der Waals surface area contributed by atoms with E-state index < -0.39 is 6.10 Å². The summed E-state index contributed by atoms with van der Waals surface area (Å²) in [6.07, 6.45) is 0.204. The van der Waals surface area contributed by atoms with Crippen LogP contribution in [0.3, 0.4) is 0 Å². The fraction of sp³-hybridized carbons (Fsp3) is 0.462. The molecule has 1 aromatic rings. The predicted octanol–water partition coefficient (Wildman–Crippen LogP) is 2.54. The van der Waals surface area contributed by atoms with E-state index >= 15 is 0 Å². The van der Waals surface area contributed by atoms with Gasteiger partial charge in [-0.2, -0.15) is 0 Å². The van der Waals surface area contributed by atoms with Crippen LogP contribution in [-0.4, -0.2) is 18.7 Å². The summed E-state index contributed by atoms with van der Waals surface area (Å²) in [5, 5.41) is 0. The maximum absolute atomic E-state index is 11.6. The highest BCUT2D eigenvalue weighted by Gasteiger charge is 2.17. The van der Waals surface area contributed by atoms with Crippen LogP contribution in [0, 0.1) is 0 Å². The van der Waals surface area contributed by atoms with E-state index in [-0.39, 0.29) is 5.97 Å². The highest BCUT2D eigenvalue weighted by Crippen LogP contribution is 2.05. The van der Waals surface area contributed by atoms with Crippen molar-refractivity contribution in [3.8, 4) is 0 Å². The highest BCUT2D eigenvalue weighted by atomic mass is 16.6. The largest absolute Gasteiger partial charge is 0.459 e. The number of carbonyl (C=O) groups excluding carboxylic acids is 1. The van der Waals surface area contributed by atoms with Crippen molar-refractivity contribution in [3.63, 3.8) is 0 Å². The molecule has 0 heterocycles. The monoisotopic (exact) mass is 222 g/mol. The number of esters is 1. The molecule has 1 atom stereocenters. The maximum Gasteiger partial charge on any atom is 0.335 e. The van der Waals surface area contributed by atoms with E-state index in [2.05, 4.69) is 0 Å². The third kappa shape index (κ3) is 4.03. The first-order valence-corrected chi connectivity index (χ1v) is 5.60. The Kier molecular flexibility index (Phi) is 5.57. The van der Waals surface area contributed by atoms with Gasteiger partial charge in [-0.15, -0.1) is 0 Å². The Morgan fingerprint density at radius 2 is 1.94 bits per heavy atom. The average molecular weight is 222 g/mol. The summed E-state index contributed by atoms with van der Waals surface area (Å²) in [6, 6.07) is 9.62. The lowest BCUT2D eigenvalue weighted by Gasteiger charge is -2.13. The molecule has 1 rings (SSSR count). The second kappa shape index (κ2) is 7.01. The van der Waals surface area contributed by atoms with Gasteiger partial charge in [0.25, 0.3) is 0 Å². The summed E-state index contributed by atoms with van der Waals surface area (Å²) in [6.45, 7) is 4.61.